The monoisotopic (exact) mass is 307 g/mol. The van der Waals surface area contributed by atoms with Crippen molar-refractivity contribution in [3.05, 3.63) is 29.3 Å². The molecule has 0 aromatic heterocycles. The zero-order valence-electron chi connectivity index (χ0n) is 11.2. The van der Waals surface area contributed by atoms with E-state index in [1.165, 1.54) is 6.07 Å². The summed E-state index contributed by atoms with van der Waals surface area (Å²) in [5.41, 5.74) is -0.181. The molecule has 7 heteroatoms. The standard InChI is InChI=1S/C13H16F3NO2S/c1-3-19-12(18)8-20-11-5-4-9(7-17-2)6-10(11)13(14,15)16/h4-6,17H,3,7-8H2,1-2H3. The maximum Gasteiger partial charge on any atom is 0.417 e. The molecule has 0 amide bonds. The Morgan fingerprint density at radius 3 is 2.65 bits per heavy atom. The average molecular weight is 307 g/mol. The van der Waals surface area contributed by atoms with E-state index in [0.717, 1.165) is 17.8 Å². The van der Waals surface area contributed by atoms with E-state index in [1.807, 2.05) is 0 Å². The Bertz CT molecular complexity index is 463. The van der Waals surface area contributed by atoms with Crippen LogP contribution in [0.2, 0.25) is 0 Å². The van der Waals surface area contributed by atoms with Crippen LogP contribution in [0.1, 0.15) is 18.1 Å². The molecule has 3 nitrogen and oxygen atoms in total. The predicted octanol–water partition coefficient (Wildman–Crippen LogP) is 3.08. The highest BCUT2D eigenvalue weighted by atomic mass is 32.2. The number of alkyl halides is 3. The summed E-state index contributed by atoms with van der Waals surface area (Å²) >= 11 is 0.834. The number of halogens is 3. The Morgan fingerprint density at radius 2 is 2.10 bits per heavy atom. The van der Waals surface area contributed by atoms with Crippen LogP contribution in [0.3, 0.4) is 0 Å². The maximum atomic E-state index is 13.0. The van der Waals surface area contributed by atoms with Gasteiger partial charge >= 0.3 is 12.1 Å². The number of carbonyl (C=O) groups is 1. The average Bonchev–Trinajstić information content (AvgIpc) is 2.37. The van der Waals surface area contributed by atoms with Crippen LogP contribution in [-0.4, -0.2) is 25.4 Å². The molecular weight excluding hydrogens is 291 g/mol. The number of nitrogens with one attached hydrogen (secondary N) is 1. The molecule has 0 bridgehead atoms. The summed E-state index contributed by atoms with van der Waals surface area (Å²) < 4.78 is 43.7. The largest absolute Gasteiger partial charge is 0.465 e. The highest BCUT2D eigenvalue weighted by Gasteiger charge is 2.33. The highest BCUT2D eigenvalue weighted by molar-refractivity contribution is 8.00. The summed E-state index contributed by atoms with van der Waals surface area (Å²) in [5.74, 6) is -0.660. The van der Waals surface area contributed by atoms with E-state index >= 15 is 0 Å². The zero-order chi connectivity index (χ0) is 15.2. The van der Waals surface area contributed by atoms with Crippen molar-refractivity contribution >= 4 is 17.7 Å². The molecule has 0 atom stereocenters. The molecule has 1 N–H and O–H groups in total. The molecule has 0 saturated carbocycles. The predicted molar refractivity (Wildman–Crippen MR) is 71.6 cm³/mol. The second-order valence-electron chi connectivity index (χ2n) is 3.95. The number of rotatable bonds is 6. The van der Waals surface area contributed by atoms with Crippen LogP contribution in [0.4, 0.5) is 13.2 Å². The summed E-state index contributed by atoms with van der Waals surface area (Å²) in [4.78, 5) is 11.2. The summed E-state index contributed by atoms with van der Waals surface area (Å²) in [7, 11) is 1.66. The summed E-state index contributed by atoms with van der Waals surface area (Å²) in [5, 5.41) is 2.80. The quantitative estimate of drug-likeness (QED) is 0.647. The molecule has 0 aliphatic carbocycles. The molecule has 0 radical (unpaired) electrons. The van der Waals surface area contributed by atoms with Crippen LogP contribution in [0.5, 0.6) is 0 Å². The van der Waals surface area contributed by atoms with Gasteiger partial charge in [0.1, 0.15) is 0 Å². The molecule has 1 aromatic rings. The van der Waals surface area contributed by atoms with Gasteiger partial charge in [-0.2, -0.15) is 13.2 Å². The molecule has 0 aliphatic rings. The first-order valence-electron chi connectivity index (χ1n) is 6.01. The van der Waals surface area contributed by atoms with Crippen LogP contribution in [0.15, 0.2) is 23.1 Å². The van der Waals surface area contributed by atoms with Gasteiger partial charge in [0, 0.05) is 11.4 Å². The third-order valence-corrected chi connectivity index (χ3v) is 3.43. The van der Waals surface area contributed by atoms with E-state index in [-0.39, 0.29) is 17.3 Å². The van der Waals surface area contributed by atoms with Crippen LogP contribution in [0, 0.1) is 0 Å². The lowest BCUT2D eigenvalue weighted by molar-refractivity contribution is -0.141. The molecule has 0 spiro atoms. The zero-order valence-corrected chi connectivity index (χ0v) is 12.0. The molecule has 0 saturated heterocycles. The van der Waals surface area contributed by atoms with E-state index < -0.39 is 17.7 Å². The van der Waals surface area contributed by atoms with Crippen molar-refractivity contribution in [3.63, 3.8) is 0 Å². The first-order chi connectivity index (χ1) is 9.38. The number of benzene rings is 1. The van der Waals surface area contributed by atoms with Gasteiger partial charge in [0.25, 0.3) is 0 Å². The van der Waals surface area contributed by atoms with Gasteiger partial charge in [-0.3, -0.25) is 4.79 Å². The SMILES string of the molecule is CCOC(=O)CSc1ccc(CNC)cc1C(F)(F)F. The van der Waals surface area contributed by atoms with E-state index in [9.17, 15) is 18.0 Å². The summed E-state index contributed by atoms with van der Waals surface area (Å²) in [6, 6.07) is 4.10. The Morgan fingerprint density at radius 1 is 1.40 bits per heavy atom. The van der Waals surface area contributed by atoms with Crippen LogP contribution < -0.4 is 5.32 Å². The van der Waals surface area contributed by atoms with Gasteiger partial charge in [-0.15, -0.1) is 11.8 Å². The topological polar surface area (TPSA) is 38.3 Å². The molecule has 1 rings (SSSR count). The normalized spacial score (nSPS) is 11.4. The van der Waals surface area contributed by atoms with Gasteiger partial charge in [-0.05, 0) is 31.7 Å². The molecule has 0 aliphatic heterocycles. The van der Waals surface area contributed by atoms with Crippen LogP contribution in [0.25, 0.3) is 0 Å². The fourth-order valence-electron chi connectivity index (χ4n) is 1.58. The van der Waals surface area contributed by atoms with Gasteiger partial charge in [-0.25, -0.2) is 0 Å². The van der Waals surface area contributed by atoms with Crippen molar-refractivity contribution in [1.29, 1.82) is 0 Å². The smallest absolute Gasteiger partial charge is 0.417 e. The van der Waals surface area contributed by atoms with Gasteiger partial charge < -0.3 is 10.1 Å². The van der Waals surface area contributed by atoms with Gasteiger partial charge in [-0.1, -0.05) is 6.07 Å². The van der Waals surface area contributed by atoms with Crippen molar-refractivity contribution < 1.29 is 22.7 Å². The van der Waals surface area contributed by atoms with Crippen molar-refractivity contribution in [2.45, 2.75) is 24.5 Å². The minimum absolute atomic E-state index is 0.0328. The summed E-state index contributed by atoms with van der Waals surface area (Å²) in [6.07, 6.45) is -4.44. The van der Waals surface area contributed by atoms with E-state index in [4.69, 9.17) is 4.74 Å². The van der Waals surface area contributed by atoms with E-state index in [2.05, 4.69) is 5.32 Å². The lowest BCUT2D eigenvalue weighted by atomic mass is 10.1. The molecule has 112 valence electrons. The Kier molecular flexibility index (Phi) is 6.35. The molecule has 20 heavy (non-hydrogen) atoms. The molecule has 0 fully saturated rings. The fourth-order valence-corrected chi connectivity index (χ4v) is 2.43. The lowest BCUT2D eigenvalue weighted by Crippen LogP contribution is -2.12. The second-order valence-corrected chi connectivity index (χ2v) is 4.97. The first kappa shape index (κ1) is 16.8. The third kappa shape index (κ3) is 5.05. The third-order valence-electron chi connectivity index (χ3n) is 2.38. The van der Waals surface area contributed by atoms with Crippen LogP contribution in [-0.2, 0) is 22.3 Å². The number of carbonyl (C=O) groups excluding carboxylic acids is 1. The lowest BCUT2D eigenvalue weighted by Gasteiger charge is -2.14. The summed E-state index contributed by atoms with van der Waals surface area (Å²) in [6.45, 7) is 2.22. The van der Waals surface area contributed by atoms with Crippen molar-refractivity contribution in [3.8, 4) is 0 Å². The minimum Gasteiger partial charge on any atom is -0.465 e. The van der Waals surface area contributed by atoms with Crippen molar-refractivity contribution in [2.24, 2.45) is 0 Å². The number of hydrogen-bond acceptors (Lipinski definition) is 4. The number of ether oxygens (including phenoxy) is 1. The van der Waals surface area contributed by atoms with Gasteiger partial charge in [0.05, 0.1) is 17.9 Å². The number of hydrogen-bond donors (Lipinski definition) is 1. The van der Waals surface area contributed by atoms with Gasteiger partial charge in [0.2, 0.25) is 0 Å². The molecule has 1 aromatic carbocycles. The maximum absolute atomic E-state index is 13.0. The Labute approximate surface area is 119 Å². The van der Waals surface area contributed by atoms with Crippen molar-refractivity contribution in [1.82, 2.24) is 5.32 Å². The van der Waals surface area contributed by atoms with E-state index in [1.54, 1.807) is 20.0 Å². The minimum atomic E-state index is -4.44. The first-order valence-corrected chi connectivity index (χ1v) is 7.00. The second kappa shape index (κ2) is 7.54. The molecular formula is C13H16F3NO2S. The number of esters is 1. The fraction of sp³-hybridized carbons (Fsp3) is 0.462. The van der Waals surface area contributed by atoms with Crippen molar-refractivity contribution in [2.75, 3.05) is 19.4 Å². The highest BCUT2D eigenvalue weighted by Crippen LogP contribution is 2.37. The Hall–Kier alpha value is -1.21. The number of thioether (sulfide) groups is 1. The molecule has 0 unspecified atom stereocenters. The van der Waals surface area contributed by atoms with Crippen LogP contribution >= 0.6 is 11.8 Å². The van der Waals surface area contributed by atoms with Gasteiger partial charge in [0.15, 0.2) is 0 Å². The van der Waals surface area contributed by atoms with E-state index in [0.29, 0.717) is 12.1 Å². The Balaban J connectivity index is 2.91. The molecule has 0 heterocycles.